The number of likely N-dealkylation sites (N-methyl/N-ethyl adjacent to an activating group) is 1. The van der Waals surface area contributed by atoms with Gasteiger partial charge in [-0.3, -0.25) is 9.58 Å². The highest BCUT2D eigenvalue weighted by Crippen LogP contribution is 2.23. The lowest BCUT2D eigenvalue weighted by molar-refractivity contribution is 0.211. The lowest BCUT2D eigenvalue weighted by Gasteiger charge is -2.30. The summed E-state index contributed by atoms with van der Waals surface area (Å²) in [5.41, 5.74) is 8.27. The van der Waals surface area contributed by atoms with Crippen molar-refractivity contribution in [2.75, 3.05) is 7.05 Å². The van der Waals surface area contributed by atoms with Crippen LogP contribution >= 0.6 is 0 Å². The Hall–Kier alpha value is -1.72. The first kappa shape index (κ1) is 14.7. The minimum absolute atomic E-state index is 0.0235. The van der Waals surface area contributed by atoms with Crippen LogP contribution in [-0.4, -0.2) is 27.8 Å². The monoisotopic (exact) mass is 276 g/mol. The molecule has 1 aromatic carbocycles. The largest absolute Gasteiger partial charge is 0.326 e. The SMILES string of the molecule is CC(N)C(c1cnn(C)c1)N(C)Cc1ccc(F)cc1. The third-order valence-corrected chi connectivity index (χ3v) is 3.38. The van der Waals surface area contributed by atoms with Crippen molar-refractivity contribution >= 4 is 0 Å². The molecule has 108 valence electrons. The van der Waals surface area contributed by atoms with E-state index in [2.05, 4.69) is 10.00 Å². The molecule has 0 aliphatic carbocycles. The molecule has 2 atom stereocenters. The molecule has 0 spiro atoms. The van der Waals surface area contributed by atoms with Gasteiger partial charge in [0.1, 0.15) is 5.82 Å². The summed E-state index contributed by atoms with van der Waals surface area (Å²) in [5, 5.41) is 4.21. The maximum absolute atomic E-state index is 12.9. The van der Waals surface area contributed by atoms with Gasteiger partial charge in [-0.1, -0.05) is 12.1 Å². The van der Waals surface area contributed by atoms with Gasteiger partial charge in [-0.25, -0.2) is 4.39 Å². The summed E-state index contributed by atoms with van der Waals surface area (Å²) in [5.74, 6) is -0.215. The number of benzene rings is 1. The van der Waals surface area contributed by atoms with Gasteiger partial charge in [0.25, 0.3) is 0 Å². The molecule has 2 rings (SSSR count). The smallest absolute Gasteiger partial charge is 0.123 e. The zero-order chi connectivity index (χ0) is 14.7. The van der Waals surface area contributed by atoms with Crippen LogP contribution in [0.4, 0.5) is 4.39 Å². The number of nitrogens with zero attached hydrogens (tertiary/aromatic N) is 3. The van der Waals surface area contributed by atoms with Crippen LogP contribution in [0, 0.1) is 5.82 Å². The highest BCUT2D eigenvalue weighted by Gasteiger charge is 2.22. The zero-order valence-corrected chi connectivity index (χ0v) is 12.1. The quantitative estimate of drug-likeness (QED) is 0.909. The second-order valence-electron chi connectivity index (χ2n) is 5.29. The molecule has 20 heavy (non-hydrogen) atoms. The second kappa shape index (κ2) is 6.15. The number of nitrogens with two attached hydrogens (primary N) is 1. The van der Waals surface area contributed by atoms with Gasteiger partial charge < -0.3 is 5.73 Å². The highest BCUT2D eigenvalue weighted by atomic mass is 19.1. The van der Waals surface area contributed by atoms with E-state index < -0.39 is 0 Å². The summed E-state index contributed by atoms with van der Waals surface area (Å²) in [7, 11) is 3.91. The van der Waals surface area contributed by atoms with Crippen LogP contribution in [0.25, 0.3) is 0 Å². The molecule has 0 bridgehead atoms. The van der Waals surface area contributed by atoms with E-state index in [-0.39, 0.29) is 17.9 Å². The van der Waals surface area contributed by atoms with Crippen LogP contribution < -0.4 is 5.73 Å². The number of halogens is 1. The van der Waals surface area contributed by atoms with Gasteiger partial charge in [-0.2, -0.15) is 5.10 Å². The number of hydrogen-bond donors (Lipinski definition) is 1. The average molecular weight is 276 g/mol. The molecule has 0 radical (unpaired) electrons. The molecule has 1 aromatic heterocycles. The van der Waals surface area contributed by atoms with Crippen LogP contribution in [0.3, 0.4) is 0 Å². The van der Waals surface area contributed by atoms with E-state index in [1.165, 1.54) is 12.1 Å². The number of aryl methyl sites for hydroxylation is 1. The van der Waals surface area contributed by atoms with E-state index in [9.17, 15) is 4.39 Å². The Kier molecular flexibility index (Phi) is 4.52. The Bertz CT molecular complexity index is 547. The fourth-order valence-electron chi connectivity index (χ4n) is 2.53. The zero-order valence-electron chi connectivity index (χ0n) is 12.1. The molecule has 2 N–H and O–H groups in total. The van der Waals surface area contributed by atoms with Gasteiger partial charge in [0.05, 0.1) is 12.2 Å². The Morgan fingerprint density at radius 1 is 1.35 bits per heavy atom. The summed E-state index contributed by atoms with van der Waals surface area (Å²) in [6, 6.07) is 6.61. The van der Waals surface area contributed by atoms with Crippen molar-refractivity contribution in [3.63, 3.8) is 0 Å². The lowest BCUT2D eigenvalue weighted by Crippen LogP contribution is -2.36. The molecule has 0 saturated carbocycles. The molecule has 0 aliphatic heterocycles. The summed E-state index contributed by atoms with van der Waals surface area (Å²) in [6.07, 6.45) is 3.82. The molecule has 4 nitrogen and oxygen atoms in total. The lowest BCUT2D eigenvalue weighted by atomic mass is 10.0. The van der Waals surface area contributed by atoms with Crippen LogP contribution in [0.2, 0.25) is 0 Å². The van der Waals surface area contributed by atoms with Crippen molar-refractivity contribution in [3.8, 4) is 0 Å². The molecule has 5 heteroatoms. The fraction of sp³-hybridized carbons (Fsp3) is 0.400. The van der Waals surface area contributed by atoms with Crippen LogP contribution in [0.5, 0.6) is 0 Å². The third-order valence-electron chi connectivity index (χ3n) is 3.38. The molecule has 0 aliphatic rings. The van der Waals surface area contributed by atoms with E-state index in [0.29, 0.717) is 6.54 Å². The first-order valence-electron chi connectivity index (χ1n) is 6.66. The van der Waals surface area contributed by atoms with Crippen LogP contribution in [0.1, 0.15) is 24.1 Å². The van der Waals surface area contributed by atoms with Crippen molar-refractivity contribution in [1.82, 2.24) is 14.7 Å². The van der Waals surface area contributed by atoms with Gasteiger partial charge in [0.15, 0.2) is 0 Å². The molecule has 2 unspecified atom stereocenters. The van der Waals surface area contributed by atoms with Crippen molar-refractivity contribution in [2.45, 2.75) is 25.6 Å². The summed E-state index contributed by atoms with van der Waals surface area (Å²) < 4.78 is 14.7. The standard InChI is InChI=1S/C15H21FN4/c1-11(17)15(13-8-18-20(3)10-13)19(2)9-12-4-6-14(16)7-5-12/h4-8,10-11,15H,9,17H2,1-3H3. The van der Waals surface area contributed by atoms with Crippen molar-refractivity contribution in [2.24, 2.45) is 12.8 Å². The van der Waals surface area contributed by atoms with Gasteiger partial charge in [-0.05, 0) is 31.7 Å². The minimum Gasteiger partial charge on any atom is -0.326 e. The Balaban J connectivity index is 2.15. The van der Waals surface area contributed by atoms with E-state index in [4.69, 9.17) is 5.73 Å². The number of rotatable bonds is 5. The molecular formula is C15H21FN4. The molecule has 1 heterocycles. The van der Waals surface area contributed by atoms with Gasteiger partial charge >= 0.3 is 0 Å². The Labute approximate surface area is 119 Å². The van der Waals surface area contributed by atoms with Gasteiger partial charge in [-0.15, -0.1) is 0 Å². The maximum atomic E-state index is 12.9. The summed E-state index contributed by atoms with van der Waals surface area (Å²) in [6.45, 7) is 2.69. The Morgan fingerprint density at radius 3 is 2.50 bits per heavy atom. The van der Waals surface area contributed by atoms with Crippen LogP contribution in [0.15, 0.2) is 36.7 Å². The molecule has 0 fully saturated rings. The second-order valence-corrected chi connectivity index (χ2v) is 5.29. The molecule has 2 aromatic rings. The molecule has 0 amide bonds. The predicted octanol–water partition coefficient (Wildman–Crippen LogP) is 2.08. The van der Waals surface area contributed by atoms with Crippen molar-refractivity contribution in [1.29, 1.82) is 0 Å². The van der Waals surface area contributed by atoms with Gasteiger partial charge in [0, 0.05) is 31.4 Å². The third kappa shape index (κ3) is 3.43. The summed E-state index contributed by atoms with van der Waals surface area (Å²) in [4.78, 5) is 2.16. The molecule has 0 saturated heterocycles. The van der Waals surface area contributed by atoms with E-state index in [1.807, 2.05) is 33.4 Å². The summed E-state index contributed by atoms with van der Waals surface area (Å²) >= 11 is 0. The average Bonchev–Trinajstić information content (AvgIpc) is 2.78. The highest BCUT2D eigenvalue weighted by molar-refractivity contribution is 5.18. The minimum atomic E-state index is -0.215. The van der Waals surface area contributed by atoms with Gasteiger partial charge in [0.2, 0.25) is 0 Å². The van der Waals surface area contributed by atoms with E-state index in [1.54, 1.807) is 16.8 Å². The van der Waals surface area contributed by atoms with Crippen molar-refractivity contribution < 1.29 is 4.39 Å². The van der Waals surface area contributed by atoms with Crippen LogP contribution in [-0.2, 0) is 13.6 Å². The maximum Gasteiger partial charge on any atom is 0.123 e. The number of hydrogen-bond acceptors (Lipinski definition) is 3. The normalized spacial score (nSPS) is 14.5. The molecular weight excluding hydrogens is 255 g/mol. The van der Waals surface area contributed by atoms with Crippen molar-refractivity contribution in [3.05, 3.63) is 53.6 Å². The van der Waals surface area contributed by atoms with E-state index in [0.717, 1.165) is 11.1 Å². The predicted molar refractivity (Wildman–Crippen MR) is 77.5 cm³/mol. The first-order chi connectivity index (χ1) is 9.47. The Morgan fingerprint density at radius 2 is 2.00 bits per heavy atom. The topological polar surface area (TPSA) is 47.1 Å². The first-order valence-corrected chi connectivity index (χ1v) is 6.66. The fourth-order valence-corrected chi connectivity index (χ4v) is 2.53. The van der Waals surface area contributed by atoms with E-state index >= 15 is 0 Å². The number of aromatic nitrogens is 2.